The quantitative estimate of drug-likeness (QED) is 0.832. The monoisotopic (exact) mass is 273 g/mol. The van der Waals surface area contributed by atoms with Gasteiger partial charge >= 0.3 is 6.18 Å². The third-order valence-corrected chi connectivity index (χ3v) is 2.17. The van der Waals surface area contributed by atoms with Crippen LogP contribution in [0.2, 0.25) is 0 Å². The van der Waals surface area contributed by atoms with Gasteiger partial charge in [-0.1, -0.05) is 6.07 Å². The van der Waals surface area contributed by atoms with E-state index >= 15 is 0 Å². The highest BCUT2D eigenvalue weighted by Gasteiger charge is 2.34. The van der Waals surface area contributed by atoms with Crippen LogP contribution in [0.25, 0.3) is 0 Å². The molecule has 0 radical (unpaired) electrons. The van der Waals surface area contributed by atoms with E-state index < -0.39 is 23.6 Å². The molecular formula is C10H12ClF4NO. The minimum atomic E-state index is -4.70. The highest BCUT2D eigenvalue weighted by atomic mass is 35.5. The second-order valence-corrected chi connectivity index (χ2v) is 3.36. The summed E-state index contributed by atoms with van der Waals surface area (Å²) < 4.78 is 49.8. The van der Waals surface area contributed by atoms with Crippen molar-refractivity contribution in [1.29, 1.82) is 0 Å². The molecule has 0 heterocycles. The summed E-state index contributed by atoms with van der Waals surface area (Å²) in [7, 11) is 0. The maximum absolute atomic E-state index is 13.1. The number of halogens is 5. The molecule has 0 spiro atoms. The van der Waals surface area contributed by atoms with Crippen molar-refractivity contribution in [2.45, 2.75) is 18.6 Å². The van der Waals surface area contributed by atoms with Crippen molar-refractivity contribution in [1.82, 2.24) is 0 Å². The number of nitrogens with two attached hydrogens (primary N) is 1. The van der Waals surface area contributed by atoms with E-state index in [0.717, 1.165) is 12.1 Å². The first kappa shape index (κ1) is 16.1. The molecule has 0 saturated carbocycles. The number of rotatable bonds is 3. The fourth-order valence-corrected chi connectivity index (χ4v) is 1.30. The maximum Gasteiger partial charge on any atom is 0.419 e. The Morgan fingerprint density at radius 1 is 1.29 bits per heavy atom. The molecule has 98 valence electrons. The van der Waals surface area contributed by atoms with Crippen LogP contribution in [0.4, 0.5) is 17.6 Å². The molecule has 0 fully saturated rings. The largest absolute Gasteiger partial charge is 0.419 e. The van der Waals surface area contributed by atoms with E-state index in [1.165, 1.54) is 0 Å². The van der Waals surface area contributed by atoms with Crippen LogP contribution in [-0.2, 0) is 6.18 Å². The van der Waals surface area contributed by atoms with Gasteiger partial charge in [-0.2, -0.15) is 13.2 Å². The van der Waals surface area contributed by atoms with Crippen molar-refractivity contribution < 1.29 is 22.7 Å². The summed E-state index contributed by atoms with van der Waals surface area (Å²) in [5.41, 5.74) is 4.45. The van der Waals surface area contributed by atoms with E-state index in [4.69, 9.17) is 10.8 Å². The molecular weight excluding hydrogens is 262 g/mol. The van der Waals surface area contributed by atoms with Crippen molar-refractivity contribution in [2.75, 3.05) is 6.61 Å². The van der Waals surface area contributed by atoms with Gasteiger partial charge in [0.05, 0.1) is 5.56 Å². The van der Waals surface area contributed by atoms with Gasteiger partial charge in [-0.3, -0.25) is 0 Å². The lowest BCUT2D eigenvalue weighted by molar-refractivity contribution is -0.140. The molecule has 1 atom stereocenters. The number of alkyl halides is 3. The van der Waals surface area contributed by atoms with Gasteiger partial charge in [0, 0.05) is 12.6 Å². The van der Waals surface area contributed by atoms with Gasteiger partial charge in [-0.15, -0.1) is 12.4 Å². The lowest BCUT2D eigenvalue weighted by Gasteiger charge is -2.13. The summed E-state index contributed by atoms with van der Waals surface area (Å²) in [6.07, 6.45) is -4.53. The summed E-state index contributed by atoms with van der Waals surface area (Å²) in [6, 6.07) is 1.86. The molecule has 0 unspecified atom stereocenters. The summed E-state index contributed by atoms with van der Waals surface area (Å²) in [6.45, 7) is -0.205. The molecule has 0 bridgehead atoms. The minimum Gasteiger partial charge on any atom is -0.396 e. The summed E-state index contributed by atoms with van der Waals surface area (Å²) in [5.74, 6) is -1.35. The first-order chi connectivity index (χ1) is 7.36. The van der Waals surface area contributed by atoms with Crippen LogP contribution in [0.3, 0.4) is 0 Å². The molecule has 0 aromatic heterocycles. The van der Waals surface area contributed by atoms with Crippen LogP contribution in [0.1, 0.15) is 23.6 Å². The molecule has 17 heavy (non-hydrogen) atoms. The average molecular weight is 274 g/mol. The molecule has 0 aliphatic heterocycles. The summed E-state index contributed by atoms with van der Waals surface area (Å²) >= 11 is 0. The third kappa shape index (κ3) is 4.14. The fourth-order valence-electron chi connectivity index (χ4n) is 1.30. The average Bonchev–Trinajstić information content (AvgIpc) is 2.16. The van der Waals surface area contributed by atoms with E-state index in [2.05, 4.69) is 0 Å². The molecule has 2 nitrogen and oxygen atoms in total. The Kier molecular flexibility index (Phi) is 5.87. The van der Waals surface area contributed by atoms with Crippen LogP contribution in [0, 0.1) is 5.82 Å². The van der Waals surface area contributed by atoms with Crippen LogP contribution < -0.4 is 5.73 Å². The van der Waals surface area contributed by atoms with E-state index in [1.54, 1.807) is 0 Å². The van der Waals surface area contributed by atoms with Gasteiger partial charge < -0.3 is 10.8 Å². The van der Waals surface area contributed by atoms with Gasteiger partial charge in [0.1, 0.15) is 5.82 Å². The van der Waals surface area contributed by atoms with Crippen molar-refractivity contribution in [3.05, 3.63) is 35.1 Å². The molecule has 0 aliphatic carbocycles. The van der Waals surface area contributed by atoms with Crippen LogP contribution >= 0.6 is 12.4 Å². The van der Waals surface area contributed by atoms with Gasteiger partial charge in [0.2, 0.25) is 0 Å². The predicted molar refractivity (Wildman–Crippen MR) is 57.3 cm³/mol. The highest BCUT2D eigenvalue weighted by Crippen LogP contribution is 2.32. The normalized spacial score (nSPS) is 13.1. The maximum atomic E-state index is 13.1. The first-order valence-electron chi connectivity index (χ1n) is 4.59. The number of hydrogen-bond donors (Lipinski definition) is 2. The Bertz CT molecular complexity index is 370. The minimum absolute atomic E-state index is 0. The molecule has 0 amide bonds. The number of aliphatic hydroxyl groups is 1. The first-order valence-corrected chi connectivity index (χ1v) is 4.59. The van der Waals surface area contributed by atoms with Gasteiger partial charge in [-0.25, -0.2) is 4.39 Å². The zero-order valence-electron chi connectivity index (χ0n) is 8.67. The highest BCUT2D eigenvalue weighted by molar-refractivity contribution is 5.85. The number of benzene rings is 1. The standard InChI is InChI=1S/C10H11F4NO.ClH/c11-8-5-6(9(15)3-4-16)1-2-7(8)10(12,13)14;/h1-2,5,9,16H,3-4,15H2;1H/t9-;/m1./s1. The van der Waals surface area contributed by atoms with Crippen molar-refractivity contribution >= 4 is 12.4 Å². The molecule has 1 aromatic rings. The van der Waals surface area contributed by atoms with Gasteiger partial charge in [0.25, 0.3) is 0 Å². The number of hydrogen-bond acceptors (Lipinski definition) is 2. The van der Waals surface area contributed by atoms with E-state index in [-0.39, 0.29) is 31.0 Å². The zero-order chi connectivity index (χ0) is 12.3. The van der Waals surface area contributed by atoms with Crippen molar-refractivity contribution in [2.24, 2.45) is 5.73 Å². The molecule has 7 heteroatoms. The van der Waals surface area contributed by atoms with E-state index in [1.807, 2.05) is 0 Å². The van der Waals surface area contributed by atoms with Crippen LogP contribution in [0.15, 0.2) is 18.2 Å². The van der Waals surface area contributed by atoms with Crippen molar-refractivity contribution in [3.8, 4) is 0 Å². The van der Waals surface area contributed by atoms with Gasteiger partial charge in [-0.05, 0) is 24.1 Å². The summed E-state index contributed by atoms with van der Waals surface area (Å²) in [4.78, 5) is 0. The van der Waals surface area contributed by atoms with Crippen molar-refractivity contribution in [3.63, 3.8) is 0 Å². The van der Waals surface area contributed by atoms with E-state index in [0.29, 0.717) is 6.07 Å². The smallest absolute Gasteiger partial charge is 0.396 e. The molecule has 0 saturated heterocycles. The Labute approximate surface area is 102 Å². The van der Waals surface area contributed by atoms with Crippen LogP contribution in [-0.4, -0.2) is 11.7 Å². The molecule has 1 rings (SSSR count). The second-order valence-electron chi connectivity index (χ2n) is 3.36. The second kappa shape index (κ2) is 6.18. The summed E-state index contributed by atoms with van der Waals surface area (Å²) in [5, 5.41) is 8.60. The Morgan fingerprint density at radius 2 is 1.88 bits per heavy atom. The third-order valence-electron chi connectivity index (χ3n) is 2.17. The Balaban J connectivity index is 0.00000256. The Morgan fingerprint density at radius 3 is 2.29 bits per heavy atom. The number of aliphatic hydroxyl groups excluding tert-OH is 1. The SMILES string of the molecule is Cl.N[C@H](CCO)c1ccc(C(F)(F)F)c(F)c1. The topological polar surface area (TPSA) is 46.2 Å². The fraction of sp³-hybridized carbons (Fsp3) is 0.400. The lowest BCUT2D eigenvalue weighted by atomic mass is 10.0. The Hall–Kier alpha value is -0.850. The molecule has 1 aromatic carbocycles. The molecule has 3 N–H and O–H groups in total. The predicted octanol–water partition coefficient (Wildman–Crippen LogP) is 2.65. The van der Waals surface area contributed by atoms with Crippen LogP contribution in [0.5, 0.6) is 0 Å². The zero-order valence-corrected chi connectivity index (χ0v) is 9.48. The molecule has 0 aliphatic rings. The van der Waals surface area contributed by atoms with Gasteiger partial charge in [0.15, 0.2) is 0 Å². The lowest BCUT2D eigenvalue weighted by Crippen LogP contribution is -2.14. The van der Waals surface area contributed by atoms with E-state index in [9.17, 15) is 17.6 Å².